The van der Waals surface area contributed by atoms with Crippen LogP contribution in [-0.4, -0.2) is 35.1 Å². The van der Waals surface area contributed by atoms with E-state index < -0.39 is 0 Å². The zero-order valence-electron chi connectivity index (χ0n) is 10.7. The summed E-state index contributed by atoms with van der Waals surface area (Å²) in [6.45, 7) is 8.89. The van der Waals surface area contributed by atoms with Gasteiger partial charge in [-0.05, 0) is 55.3 Å². The van der Waals surface area contributed by atoms with Crippen LogP contribution in [0.2, 0.25) is 0 Å². The fourth-order valence-corrected chi connectivity index (χ4v) is 2.68. The zero-order valence-corrected chi connectivity index (χ0v) is 12.3. The molecule has 0 bridgehead atoms. The van der Waals surface area contributed by atoms with Crippen LogP contribution in [0.1, 0.15) is 26.0 Å². The highest BCUT2D eigenvalue weighted by atomic mass is 79.9. The van der Waals surface area contributed by atoms with E-state index in [9.17, 15) is 0 Å². The molecule has 0 aliphatic carbocycles. The van der Waals surface area contributed by atoms with Crippen molar-refractivity contribution >= 4 is 21.6 Å². The van der Waals surface area contributed by atoms with Gasteiger partial charge in [0, 0.05) is 25.2 Å². The minimum Gasteiger partial charge on any atom is -0.380 e. The smallest absolute Gasteiger partial charge is 0.106 e. The molecule has 0 spiro atoms. The van der Waals surface area contributed by atoms with Crippen LogP contribution in [0.15, 0.2) is 16.7 Å². The van der Waals surface area contributed by atoms with Gasteiger partial charge in [0.1, 0.15) is 4.60 Å². The lowest BCUT2D eigenvalue weighted by atomic mass is 10.2. The van der Waals surface area contributed by atoms with Crippen molar-refractivity contribution in [1.29, 1.82) is 0 Å². The van der Waals surface area contributed by atoms with Gasteiger partial charge in [0.15, 0.2) is 0 Å². The highest BCUT2D eigenvalue weighted by molar-refractivity contribution is 9.10. The van der Waals surface area contributed by atoms with Crippen molar-refractivity contribution in [2.45, 2.75) is 39.3 Å². The number of aromatic nitrogens is 1. The van der Waals surface area contributed by atoms with E-state index in [-0.39, 0.29) is 0 Å². The predicted molar refractivity (Wildman–Crippen MR) is 75.4 cm³/mol. The van der Waals surface area contributed by atoms with Gasteiger partial charge in [-0.1, -0.05) is 0 Å². The van der Waals surface area contributed by atoms with Crippen molar-refractivity contribution in [3.05, 3.63) is 22.4 Å². The van der Waals surface area contributed by atoms with Crippen LogP contribution in [0.4, 0.5) is 5.69 Å². The molecule has 2 rings (SSSR count). The summed E-state index contributed by atoms with van der Waals surface area (Å²) in [5.41, 5.74) is 2.21. The molecule has 3 nitrogen and oxygen atoms in total. The number of likely N-dealkylation sites (tertiary alicyclic amines) is 1. The van der Waals surface area contributed by atoms with E-state index in [1.54, 1.807) is 0 Å². The van der Waals surface area contributed by atoms with E-state index in [2.05, 4.69) is 51.0 Å². The molecule has 0 radical (unpaired) electrons. The lowest BCUT2D eigenvalue weighted by Crippen LogP contribution is -2.31. The second kappa shape index (κ2) is 5.36. The van der Waals surface area contributed by atoms with Crippen LogP contribution in [-0.2, 0) is 0 Å². The van der Waals surface area contributed by atoms with Gasteiger partial charge < -0.3 is 5.32 Å². The van der Waals surface area contributed by atoms with E-state index in [1.807, 2.05) is 13.0 Å². The maximum atomic E-state index is 4.41. The predicted octanol–water partition coefficient (Wildman–Crippen LogP) is 3.05. The molecule has 1 aliphatic heterocycles. The molecule has 1 aromatic heterocycles. The van der Waals surface area contributed by atoms with Gasteiger partial charge >= 0.3 is 0 Å². The Morgan fingerprint density at radius 2 is 2.24 bits per heavy atom. The molecule has 2 heterocycles. The standard InChI is InChI=1S/C13H20BrN3/c1-9(2)17-7-6-11(8-17)16-12-4-5-13(14)15-10(12)3/h4-5,9,11,16H,6-8H2,1-3H3. The van der Waals surface area contributed by atoms with Crippen molar-refractivity contribution in [3.8, 4) is 0 Å². The number of hydrogen-bond acceptors (Lipinski definition) is 3. The van der Waals surface area contributed by atoms with Crippen molar-refractivity contribution in [1.82, 2.24) is 9.88 Å². The number of nitrogens with one attached hydrogen (secondary N) is 1. The molecule has 1 atom stereocenters. The van der Waals surface area contributed by atoms with Crippen molar-refractivity contribution < 1.29 is 0 Å². The monoisotopic (exact) mass is 297 g/mol. The van der Waals surface area contributed by atoms with Gasteiger partial charge in [0.05, 0.1) is 11.4 Å². The molecule has 1 aromatic rings. The Morgan fingerprint density at radius 1 is 1.47 bits per heavy atom. The fraction of sp³-hybridized carbons (Fsp3) is 0.615. The molecule has 1 N–H and O–H groups in total. The number of hydrogen-bond donors (Lipinski definition) is 1. The first-order chi connectivity index (χ1) is 8.06. The van der Waals surface area contributed by atoms with Gasteiger partial charge in [-0.2, -0.15) is 0 Å². The summed E-state index contributed by atoms with van der Waals surface area (Å²) >= 11 is 3.39. The minimum atomic E-state index is 0.555. The zero-order chi connectivity index (χ0) is 12.4. The van der Waals surface area contributed by atoms with E-state index in [0.717, 1.165) is 22.5 Å². The van der Waals surface area contributed by atoms with E-state index in [1.165, 1.54) is 13.0 Å². The third kappa shape index (κ3) is 3.19. The Kier molecular flexibility index (Phi) is 4.05. The summed E-state index contributed by atoms with van der Waals surface area (Å²) in [4.78, 5) is 6.92. The van der Waals surface area contributed by atoms with Crippen LogP contribution < -0.4 is 5.32 Å². The van der Waals surface area contributed by atoms with Crippen LogP contribution in [0.25, 0.3) is 0 Å². The first-order valence-corrected chi connectivity index (χ1v) is 6.99. The molecule has 1 aliphatic rings. The Bertz CT molecular complexity index is 392. The average Bonchev–Trinajstić information content (AvgIpc) is 2.71. The highest BCUT2D eigenvalue weighted by Crippen LogP contribution is 2.21. The fourth-order valence-electron chi connectivity index (χ4n) is 2.28. The normalized spacial score (nSPS) is 21.1. The summed E-state index contributed by atoms with van der Waals surface area (Å²) in [5, 5.41) is 3.60. The van der Waals surface area contributed by atoms with Crippen LogP contribution >= 0.6 is 15.9 Å². The Hall–Kier alpha value is -0.610. The SMILES string of the molecule is Cc1nc(Br)ccc1NC1CCN(C(C)C)C1. The number of nitrogens with zero attached hydrogens (tertiary/aromatic N) is 2. The number of pyridine rings is 1. The van der Waals surface area contributed by atoms with Crippen LogP contribution in [0, 0.1) is 6.92 Å². The minimum absolute atomic E-state index is 0.555. The van der Waals surface area contributed by atoms with Gasteiger partial charge in [0.2, 0.25) is 0 Å². The van der Waals surface area contributed by atoms with E-state index >= 15 is 0 Å². The molecule has 17 heavy (non-hydrogen) atoms. The molecule has 1 saturated heterocycles. The van der Waals surface area contributed by atoms with Crippen LogP contribution in [0.5, 0.6) is 0 Å². The van der Waals surface area contributed by atoms with Gasteiger partial charge in [0.25, 0.3) is 0 Å². The average molecular weight is 298 g/mol. The number of rotatable bonds is 3. The summed E-state index contributed by atoms with van der Waals surface area (Å²) in [7, 11) is 0. The van der Waals surface area contributed by atoms with Gasteiger partial charge in [-0.3, -0.25) is 4.90 Å². The maximum Gasteiger partial charge on any atom is 0.106 e. The summed E-state index contributed by atoms with van der Waals surface area (Å²) < 4.78 is 0.899. The Labute approximate surface area is 112 Å². The summed E-state index contributed by atoms with van der Waals surface area (Å²) in [6.07, 6.45) is 1.22. The number of aryl methyl sites for hydroxylation is 1. The quantitative estimate of drug-likeness (QED) is 0.869. The maximum absolute atomic E-state index is 4.41. The highest BCUT2D eigenvalue weighted by Gasteiger charge is 2.24. The number of anilines is 1. The first-order valence-electron chi connectivity index (χ1n) is 6.20. The largest absolute Gasteiger partial charge is 0.380 e. The van der Waals surface area contributed by atoms with Gasteiger partial charge in [-0.25, -0.2) is 4.98 Å². The van der Waals surface area contributed by atoms with Crippen LogP contribution in [0.3, 0.4) is 0 Å². The lowest BCUT2D eigenvalue weighted by Gasteiger charge is -2.21. The van der Waals surface area contributed by atoms with Crippen molar-refractivity contribution in [2.24, 2.45) is 0 Å². The molecule has 0 aromatic carbocycles. The molecule has 94 valence electrons. The molecule has 1 unspecified atom stereocenters. The second-order valence-electron chi connectivity index (χ2n) is 4.99. The lowest BCUT2D eigenvalue weighted by molar-refractivity contribution is 0.274. The van der Waals surface area contributed by atoms with E-state index in [4.69, 9.17) is 0 Å². The topological polar surface area (TPSA) is 28.2 Å². The van der Waals surface area contributed by atoms with Crippen molar-refractivity contribution in [3.63, 3.8) is 0 Å². The molecule has 1 fully saturated rings. The van der Waals surface area contributed by atoms with Crippen molar-refractivity contribution in [2.75, 3.05) is 18.4 Å². The third-order valence-electron chi connectivity index (χ3n) is 3.36. The molecular formula is C13H20BrN3. The van der Waals surface area contributed by atoms with Gasteiger partial charge in [-0.15, -0.1) is 0 Å². The Morgan fingerprint density at radius 3 is 2.82 bits per heavy atom. The molecule has 0 amide bonds. The second-order valence-corrected chi connectivity index (χ2v) is 5.80. The summed E-state index contributed by atoms with van der Waals surface area (Å²) in [6, 6.07) is 5.29. The number of halogens is 1. The third-order valence-corrected chi connectivity index (χ3v) is 3.80. The Balaban J connectivity index is 1.98. The molecular weight excluding hydrogens is 278 g/mol. The molecule has 0 saturated carbocycles. The van der Waals surface area contributed by atoms with E-state index in [0.29, 0.717) is 12.1 Å². The molecule has 4 heteroatoms. The first kappa shape index (κ1) is 12.8. The summed E-state index contributed by atoms with van der Waals surface area (Å²) in [5.74, 6) is 0.